The summed E-state index contributed by atoms with van der Waals surface area (Å²) < 4.78 is 87.5. The van der Waals surface area contributed by atoms with Crippen molar-refractivity contribution >= 4 is 37.5 Å². The van der Waals surface area contributed by atoms with Crippen LogP contribution in [0.3, 0.4) is 0 Å². The Kier molecular flexibility index (Phi) is 9.18. The normalized spacial score (nSPS) is 19.9. The fourth-order valence-electron chi connectivity index (χ4n) is 5.39. The first kappa shape index (κ1) is 31.7. The number of rotatable bonds is 9. The van der Waals surface area contributed by atoms with Crippen molar-refractivity contribution in [2.75, 3.05) is 35.9 Å². The van der Waals surface area contributed by atoms with Crippen molar-refractivity contribution in [3.8, 4) is 0 Å². The highest BCUT2D eigenvalue weighted by atomic mass is 32.3. The van der Waals surface area contributed by atoms with Crippen molar-refractivity contribution in [2.24, 2.45) is 0 Å². The fraction of sp³-hybridized carbons (Fsp3) is 0.500. The van der Waals surface area contributed by atoms with Crippen LogP contribution in [0.1, 0.15) is 53.2 Å². The van der Waals surface area contributed by atoms with E-state index in [1.165, 1.54) is 18.3 Å². The van der Waals surface area contributed by atoms with Crippen LogP contribution in [0.5, 0.6) is 0 Å². The van der Waals surface area contributed by atoms with Crippen molar-refractivity contribution in [1.29, 1.82) is 0 Å². The van der Waals surface area contributed by atoms with Crippen molar-refractivity contribution < 1.29 is 39.6 Å². The Labute approximate surface area is 242 Å². The van der Waals surface area contributed by atoms with Crippen LogP contribution in [0, 0.1) is 0 Å². The molecule has 42 heavy (non-hydrogen) atoms. The number of nitrogens with zero attached hydrogens (tertiary/aromatic N) is 3. The predicted octanol–water partition coefficient (Wildman–Crippen LogP) is 2.08. The largest absolute Gasteiger partial charge is 0.416 e. The zero-order chi connectivity index (χ0) is 30.9. The Morgan fingerprint density at radius 3 is 2.12 bits per heavy atom. The first-order valence-electron chi connectivity index (χ1n) is 13.2. The molecule has 0 bridgehead atoms. The summed E-state index contributed by atoms with van der Waals surface area (Å²) in [5, 5.41) is 5.58. The highest BCUT2D eigenvalue weighted by molar-refractivity contribution is 8.09. The maximum absolute atomic E-state index is 13.2. The van der Waals surface area contributed by atoms with Gasteiger partial charge in [0, 0.05) is 36.3 Å². The van der Waals surface area contributed by atoms with E-state index in [2.05, 4.69) is 15.6 Å². The third-order valence-electron chi connectivity index (χ3n) is 7.39. The van der Waals surface area contributed by atoms with Crippen LogP contribution in [0.4, 0.5) is 18.9 Å². The molecular formula is C26H32F3N5O6S2. The van der Waals surface area contributed by atoms with E-state index in [4.69, 9.17) is 0 Å². The van der Waals surface area contributed by atoms with Gasteiger partial charge in [-0.3, -0.25) is 14.6 Å². The lowest BCUT2D eigenvalue weighted by atomic mass is 9.82. The van der Waals surface area contributed by atoms with Crippen LogP contribution in [-0.4, -0.2) is 82.8 Å². The lowest BCUT2D eigenvalue weighted by Gasteiger charge is -2.45. The van der Waals surface area contributed by atoms with E-state index < -0.39 is 37.7 Å². The van der Waals surface area contributed by atoms with Gasteiger partial charge in [0.15, 0.2) is 0 Å². The molecule has 0 radical (unpaired) electrons. The number of hydrogen-bond acceptors (Lipinski definition) is 8. The number of anilines is 1. The van der Waals surface area contributed by atoms with Gasteiger partial charge in [0.05, 0.1) is 42.5 Å². The molecule has 11 nitrogen and oxygen atoms in total. The van der Waals surface area contributed by atoms with Crippen LogP contribution in [0.2, 0.25) is 0 Å². The third kappa shape index (κ3) is 7.39. The van der Waals surface area contributed by atoms with Crippen LogP contribution in [-0.2, 0) is 31.0 Å². The summed E-state index contributed by atoms with van der Waals surface area (Å²) in [5.41, 5.74) is -0.549. The average molecular weight is 632 g/mol. The van der Waals surface area contributed by atoms with Gasteiger partial charge in [-0.05, 0) is 56.0 Å². The molecule has 2 fully saturated rings. The van der Waals surface area contributed by atoms with Crippen LogP contribution in [0.25, 0.3) is 0 Å². The summed E-state index contributed by atoms with van der Waals surface area (Å²) in [4.78, 5) is 31.9. The number of amides is 2. The molecule has 0 atom stereocenters. The second-order valence-electron chi connectivity index (χ2n) is 10.5. The maximum atomic E-state index is 13.2. The Morgan fingerprint density at radius 1 is 0.976 bits per heavy atom. The Morgan fingerprint density at radius 2 is 1.62 bits per heavy atom. The van der Waals surface area contributed by atoms with Crippen molar-refractivity contribution in [1.82, 2.24) is 20.5 Å². The second-order valence-corrected chi connectivity index (χ2v) is 14.4. The molecule has 1 saturated carbocycles. The topological polar surface area (TPSA) is 146 Å². The molecule has 0 spiro atoms. The number of sulfonamides is 2. The SMILES string of the molecule is CS(=O)(=O)N(c1ccc(C2CCC(N(C(=O)CNC(=O)c3cccc(C(F)(F)F)c3)C3CNC3)CC2)nc1)S(C)(=O)=O. The van der Waals surface area contributed by atoms with Crippen LogP contribution in [0.15, 0.2) is 42.6 Å². The highest BCUT2D eigenvalue weighted by Crippen LogP contribution is 2.36. The number of carbonyl (C=O) groups is 2. The van der Waals surface area contributed by atoms with Gasteiger partial charge in [-0.25, -0.2) is 16.8 Å². The number of halogens is 3. The number of carbonyl (C=O) groups excluding carboxylic acids is 2. The molecule has 230 valence electrons. The first-order valence-corrected chi connectivity index (χ1v) is 16.9. The lowest BCUT2D eigenvalue weighted by molar-refractivity contribution is -0.138. The third-order valence-corrected chi connectivity index (χ3v) is 10.6. The summed E-state index contributed by atoms with van der Waals surface area (Å²) in [5.74, 6) is -1.09. The summed E-state index contributed by atoms with van der Waals surface area (Å²) in [7, 11) is -8.17. The van der Waals surface area contributed by atoms with Gasteiger partial charge in [0.1, 0.15) is 0 Å². The van der Waals surface area contributed by atoms with Gasteiger partial charge in [0.2, 0.25) is 26.0 Å². The van der Waals surface area contributed by atoms with E-state index >= 15 is 0 Å². The quantitative estimate of drug-likeness (QED) is 0.428. The zero-order valence-electron chi connectivity index (χ0n) is 23.0. The Bertz CT molecular complexity index is 1490. The van der Waals surface area contributed by atoms with E-state index in [1.54, 1.807) is 11.0 Å². The Hall–Kier alpha value is -3.24. The highest BCUT2D eigenvalue weighted by Gasteiger charge is 2.37. The first-order chi connectivity index (χ1) is 19.6. The smallest absolute Gasteiger partial charge is 0.343 e. The minimum atomic E-state index is -4.59. The molecule has 16 heteroatoms. The molecule has 1 aliphatic heterocycles. The molecule has 1 aromatic carbocycles. The van der Waals surface area contributed by atoms with E-state index in [1.807, 2.05) is 0 Å². The number of alkyl halides is 3. The van der Waals surface area contributed by atoms with Crippen molar-refractivity contribution in [3.05, 3.63) is 59.4 Å². The average Bonchev–Trinajstić information content (AvgIpc) is 2.87. The van der Waals surface area contributed by atoms with Crippen LogP contribution >= 0.6 is 0 Å². The lowest BCUT2D eigenvalue weighted by Crippen LogP contribution is -2.63. The second kappa shape index (κ2) is 12.2. The number of nitrogens with one attached hydrogen (secondary N) is 2. The fourth-order valence-corrected chi connectivity index (χ4v) is 8.34. The van der Waals surface area contributed by atoms with Crippen molar-refractivity contribution in [2.45, 2.75) is 49.9 Å². The van der Waals surface area contributed by atoms with Gasteiger partial charge >= 0.3 is 6.18 Å². The van der Waals surface area contributed by atoms with Gasteiger partial charge in [0.25, 0.3) is 5.91 Å². The molecule has 1 aliphatic carbocycles. The number of pyridine rings is 1. The van der Waals surface area contributed by atoms with E-state index in [0.717, 1.165) is 30.7 Å². The summed E-state index contributed by atoms with van der Waals surface area (Å²) >= 11 is 0. The minimum Gasteiger partial charge on any atom is -0.343 e. The van der Waals surface area contributed by atoms with Gasteiger partial charge in [-0.2, -0.15) is 16.9 Å². The summed E-state index contributed by atoms with van der Waals surface area (Å²) in [6.07, 6.45) is 0.817. The molecule has 4 rings (SSSR count). The maximum Gasteiger partial charge on any atom is 0.416 e. The van der Waals surface area contributed by atoms with Crippen LogP contribution < -0.4 is 14.3 Å². The molecular weight excluding hydrogens is 599 g/mol. The molecule has 1 saturated heterocycles. The van der Waals surface area contributed by atoms with Gasteiger partial charge < -0.3 is 15.5 Å². The molecule has 1 aromatic heterocycles. The zero-order valence-corrected chi connectivity index (χ0v) is 24.6. The van der Waals surface area contributed by atoms with Gasteiger partial charge in [-0.15, -0.1) is 0 Å². The number of hydrogen-bond donors (Lipinski definition) is 2. The molecule has 2 aliphatic rings. The number of aromatic nitrogens is 1. The molecule has 2 aromatic rings. The van der Waals surface area contributed by atoms with Crippen molar-refractivity contribution in [3.63, 3.8) is 0 Å². The predicted molar refractivity (Wildman–Crippen MR) is 149 cm³/mol. The Balaban J connectivity index is 1.38. The minimum absolute atomic E-state index is 0.0114. The van der Waals surface area contributed by atoms with E-state index in [9.17, 15) is 39.6 Å². The van der Waals surface area contributed by atoms with E-state index in [0.29, 0.717) is 48.2 Å². The molecule has 0 unspecified atom stereocenters. The molecule has 2 N–H and O–H groups in total. The summed E-state index contributed by atoms with van der Waals surface area (Å²) in [6.45, 7) is 0.826. The molecule has 2 amide bonds. The molecule has 2 heterocycles. The van der Waals surface area contributed by atoms with E-state index in [-0.39, 0.29) is 41.7 Å². The summed E-state index contributed by atoms with van der Waals surface area (Å²) in [6, 6.07) is 6.83. The van der Waals surface area contributed by atoms with Gasteiger partial charge in [-0.1, -0.05) is 6.07 Å². The number of benzene rings is 1. The standard InChI is InChI=1S/C26H32F3N5O6S2/c1-41(37,38)34(42(2,39)40)21-10-11-23(31-15-21)17-6-8-20(9-7-17)33(22-13-30-14-22)24(35)16-32-25(36)18-4-3-5-19(12-18)26(27,28)29/h3-5,10-12,15,17,20,22,30H,6-9,13-14,16H2,1-2H3,(H,32,36). The monoisotopic (exact) mass is 631 g/mol.